The van der Waals surface area contributed by atoms with E-state index in [-0.39, 0.29) is 6.10 Å². The van der Waals surface area contributed by atoms with Crippen molar-refractivity contribution in [3.8, 4) is 11.1 Å². The van der Waals surface area contributed by atoms with Gasteiger partial charge < -0.3 is 9.64 Å². The number of benzene rings is 1. The zero-order valence-corrected chi connectivity index (χ0v) is 19.0. The third-order valence-corrected chi connectivity index (χ3v) is 6.46. The van der Waals surface area contributed by atoms with E-state index in [4.69, 9.17) is 32.9 Å². The number of ether oxygens (including phenoxy) is 1. The van der Waals surface area contributed by atoms with Gasteiger partial charge in [0.05, 0.1) is 11.1 Å². The highest BCUT2D eigenvalue weighted by Gasteiger charge is 2.25. The number of thioether (sulfide) groups is 1. The Morgan fingerprint density at radius 2 is 2.14 bits per heavy atom. The first-order chi connectivity index (χ1) is 14.1. The lowest BCUT2D eigenvalue weighted by Crippen LogP contribution is -2.34. The van der Waals surface area contributed by atoms with Gasteiger partial charge in [0.1, 0.15) is 16.5 Å². The fraction of sp³-hybridized carbons (Fsp3) is 0.409. The maximum Gasteiger partial charge on any atom is 0.147 e. The Labute approximate surface area is 186 Å². The number of anilines is 1. The number of nitrogens with zero attached hydrogens (tertiary/aromatic N) is 3. The van der Waals surface area contributed by atoms with Gasteiger partial charge in [0.15, 0.2) is 0 Å². The molecule has 2 aromatic heterocycles. The fourth-order valence-electron chi connectivity index (χ4n) is 3.96. The van der Waals surface area contributed by atoms with Gasteiger partial charge in [-0.05, 0) is 49.8 Å². The van der Waals surface area contributed by atoms with Crippen molar-refractivity contribution in [1.82, 2.24) is 9.38 Å². The van der Waals surface area contributed by atoms with Crippen LogP contribution in [0.25, 0.3) is 16.8 Å². The van der Waals surface area contributed by atoms with Crippen molar-refractivity contribution in [2.45, 2.75) is 37.3 Å². The molecule has 1 atom stereocenters. The Morgan fingerprint density at radius 3 is 2.83 bits per heavy atom. The lowest BCUT2D eigenvalue weighted by molar-refractivity contribution is 0.115. The van der Waals surface area contributed by atoms with Crippen molar-refractivity contribution in [2.75, 3.05) is 30.9 Å². The van der Waals surface area contributed by atoms with Crippen molar-refractivity contribution >= 4 is 46.4 Å². The molecule has 3 heterocycles. The molecule has 0 spiro atoms. The molecule has 4 nitrogen and oxygen atoms in total. The highest BCUT2D eigenvalue weighted by atomic mass is 35.5. The first-order valence-corrected chi connectivity index (χ1v) is 12.0. The van der Waals surface area contributed by atoms with Gasteiger partial charge in [0, 0.05) is 42.0 Å². The second-order valence-electron chi connectivity index (χ2n) is 7.27. The van der Waals surface area contributed by atoms with E-state index in [9.17, 15) is 0 Å². The molecule has 7 heteroatoms. The van der Waals surface area contributed by atoms with Crippen molar-refractivity contribution in [1.29, 1.82) is 0 Å². The van der Waals surface area contributed by atoms with E-state index in [0.29, 0.717) is 10.0 Å². The third-order valence-electron chi connectivity index (χ3n) is 5.25. The van der Waals surface area contributed by atoms with Crippen LogP contribution < -0.4 is 4.90 Å². The number of hydrogen-bond donors (Lipinski definition) is 0. The van der Waals surface area contributed by atoms with Crippen LogP contribution in [0.2, 0.25) is 10.0 Å². The molecule has 3 aromatic rings. The van der Waals surface area contributed by atoms with Crippen LogP contribution in [0.5, 0.6) is 0 Å². The second-order valence-corrected chi connectivity index (χ2v) is 8.90. The summed E-state index contributed by atoms with van der Waals surface area (Å²) in [6.07, 6.45) is 7.79. The molecule has 0 N–H and O–H groups in total. The summed E-state index contributed by atoms with van der Waals surface area (Å²) in [6, 6.07) is 9.73. The first kappa shape index (κ1) is 20.9. The molecule has 1 saturated heterocycles. The summed E-state index contributed by atoms with van der Waals surface area (Å²) in [6.45, 7) is 4.93. The molecular formula is C22H25Cl2N3OS. The molecule has 0 amide bonds. The highest BCUT2D eigenvalue weighted by Crippen LogP contribution is 2.37. The minimum absolute atomic E-state index is 0.288. The minimum Gasteiger partial charge on any atom is -0.376 e. The molecule has 0 saturated carbocycles. The topological polar surface area (TPSA) is 29.8 Å². The van der Waals surface area contributed by atoms with E-state index in [2.05, 4.69) is 40.8 Å². The number of imidazole rings is 1. The normalized spacial score (nSPS) is 16.6. The Kier molecular flexibility index (Phi) is 6.60. The van der Waals surface area contributed by atoms with Crippen LogP contribution in [-0.4, -0.2) is 41.4 Å². The monoisotopic (exact) mass is 449 g/mol. The lowest BCUT2D eigenvalue weighted by atomic mass is 10.1. The molecule has 1 aliphatic rings. The zero-order chi connectivity index (χ0) is 20.4. The Hall–Kier alpha value is -1.40. The predicted octanol–water partition coefficient (Wildman–Crippen LogP) is 6.43. The van der Waals surface area contributed by atoms with Crippen LogP contribution in [-0.2, 0) is 4.74 Å². The Morgan fingerprint density at radius 1 is 1.28 bits per heavy atom. The van der Waals surface area contributed by atoms with E-state index in [1.165, 1.54) is 0 Å². The molecule has 1 unspecified atom stereocenters. The van der Waals surface area contributed by atoms with Crippen LogP contribution in [0.4, 0.5) is 5.82 Å². The van der Waals surface area contributed by atoms with Gasteiger partial charge in [-0.25, -0.2) is 4.98 Å². The summed E-state index contributed by atoms with van der Waals surface area (Å²) in [7, 11) is 0. The smallest absolute Gasteiger partial charge is 0.147 e. The summed E-state index contributed by atoms with van der Waals surface area (Å²) in [5.41, 5.74) is 2.85. The second kappa shape index (κ2) is 9.17. The van der Waals surface area contributed by atoms with Gasteiger partial charge in [-0.3, -0.25) is 4.40 Å². The lowest BCUT2D eigenvalue weighted by Gasteiger charge is -2.27. The van der Waals surface area contributed by atoms with Crippen molar-refractivity contribution in [2.24, 2.45) is 0 Å². The molecule has 1 aliphatic heterocycles. The predicted molar refractivity (Wildman–Crippen MR) is 124 cm³/mol. The van der Waals surface area contributed by atoms with Gasteiger partial charge >= 0.3 is 0 Å². The van der Waals surface area contributed by atoms with Crippen LogP contribution in [0, 0.1) is 0 Å². The fourth-order valence-corrected chi connectivity index (χ4v) is 5.06. The first-order valence-electron chi connectivity index (χ1n) is 9.99. The number of rotatable bonds is 7. The molecule has 154 valence electrons. The molecule has 1 aromatic carbocycles. The van der Waals surface area contributed by atoms with E-state index in [0.717, 1.165) is 66.6 Å². The van der Waals surface area contributed by atoms with E-state index < -0.39 is 0 Å². The van der Waals surface area contributed by atoms with Gasteiger partial charge in [0.2, 0.25) is 0 Å². The average Bonchev–Trinajstić information content (AvgIpc) is 3.34. The van der Waals surface area contributed by atoms with Gasteiger partial charge in [-0.15, -0.1) is 11.8 Å². The Balaban J connectivity index is 1.83. The molecule has 0 radical (unpaired) electrons. The van der Waals surface area contributed by atoms with Gasteiger partial charge in [-0.2, -0.15) is 0 Å². The summed E-state index contributed by atoms with van der Waals surface area (Å²) in [4.78, 5) is 7.43. The van der Waals surface area contributed by atoms with Crippen molar-refractivity contribution in [3.05, 3.63) is 46.6 Å². The summed E-state index contributed by atoms with van der Waals surface area (Å²) in [5.74, 6) is 1.14. The molecule has 0 bridgehead atoms. The number of pyridine rings is 1. The summed E-state index contributed by atoms with van der Waals surface area (Å²) >= 11 is 14.3. The number of fused-ring (bicyclic) bond motifs is 1. The molecule has 1 fully saturated rings. The van der Waals surface area contributed by atoms with E-state index in [1.54, 1.807) is 17.8 Å². The molecule has 0 aliphatic carbocycles. The maximum atomic E-state index is 6.52. The SMILES string of the molecule is CCCN(CC1CCCO1)c1c(SC)nc2c(-c3ccc(Cl)cc3Cl)cccn12. The summed E-state index contributed by atoms with van der Waals surface area (Å²) < 4.78 is 8.12. The Bertz CT molecular complexity index is 1000. The molecular weight excluding hydrogens is 425 g/mol. The largest absolute Gasteiger partial charge is 0.376 e. The quantitative estimate of drug-likeness (QED) is 0.388. The van der Waals surface area contributed by atoms with Crippen molar-refractivity contribution < 1.29 is 4.74 Å². The van der Waals surface area contributed by atoms with Crippen LogP contribution >= 0.6 is 35.0 Å². The highest BCUT2D eigenvalue weighted by molar-refractivity contribution is 7.98. The van der Waals surface area contributed by atoms with Crippen LogP contribution in [0.3, 0.4) is 0 Å². The van der Waals surface area contributed by atoms with Gasteiger partial charge in [0.25, 0.3) is 0 Å². The third kappa shape index (κ3) is 4.24. The minimum atomic E-state index is 0.288. The average molecular weight is 450 g/mol. The van der Waals surface area contributed by atoms with E-state index in [1.807, 2.05) is 12.1 Å². The maximum absolute atomic E-state index is 6.52. The van der Waals surface area contributed by atoms with Crippen molar-refractivity contribution in [3.63, 3.8) is 0 Å². The molecule has 4 rings (SSSR count). The standard InChI is InChI=1S/C22H25Cl2N3OS/c1-3-10-26(14-16-6-5-12-28-16)22-21(29-2)25-20-18(7-4-11-27(20)22)17-9-8-15(23)13-19(17)24/h4,7-9,11,13,16H,3,5-6,10,12,14H2,1-2H3. The van der Waals surface area contributed by atoms with Gasteiger partial charge in [-0.1, -0.05) is 36.2 Å². The summed E-state index contributed by atoms with van der Waals surface area (Å²) in [5, 5.41) is 2.28. The number of aromatic nitrogens is 2. The number of halogens is 2. The van der Waals surface area contributed by atoms with E-state index >= 15 is 0 Å². The molecule has 29 heavy (non-hydrogen) atoms. The zero-order valence-electron chi connectivity index (χ0n) is 16.7. The van der Waals surface area contributed by atoms with Crippen LogP contribution in [0.1, 0.15) is 26.2 Å². The van der Waals surface area contributed by atoms with Crippen LogP contribution in [0.15, 0.2) is 41.6 Å². The number of hydrogen-bond acceptors (Lipinski definition) is 4.